The van der Waals surface area contributed by atoms with Crippen molar-refractivity contribution in [1.29, 1.82) is 0 Å². The quantitative estimate of drug-likeness (QED) is 0.869. The lowest BCUT2D eigenvalue weighted by Gasteiger charge is -2.33. The molecule has 0 radical (unpaired) electrons. The number of nitrogens with one attached hydrogen (secondary N) is 1. The molecule has 0 unspecified atom stereocenters. The molecule has 8 heteroatoms. The zero-order valence-electron chi connectivity index (χ0n) is 14.2. The summed E-state index contributed by atoms with van der Waals surface area (Å²) in [6, 6.07) is 5.70. The number of amides is 1. The second kappa shape index (κ2) is 7.58. The van der Waals surface area contributed by atoms with Crippen LogP contribution in [-0.2, 0) is 15.0 Å². The maximum Gasteiger partial charge on any atom is 0.281 e. The Morgan fingerprint density at radius 2 is 1.96 bits per heavy atom. The first-order valence-corrected chi connectivity index (χ1v) is 9.35. The van der Waals surface area contributed by atoms with Crippen LogP contribution in [0.5, 0.6) is 0 Å². The molecule has 1 N–H and O–H groups in total. The maximum absolute atomic E-state index is 13.0. The first kappa shape index (κ1) is 18.8. The molecule has 1 saturated heterocycles. The minimum atomic E-state index is -3.51. The van der Waals surface area contributed by atoms with Crippen molar-refractivity contribution in [3.8, 4) is 0 Å². The molecule has 0 spiro atoms. The fourth-order valence-corrected chi connectivity index (χ4v) is 3.95. The van der Waals surface area contributed by atoms with E-state index in [0.717, 1.165) is 9.87 Å². The van der Waals surface area contributed by atoms with Crippen molar-refractivity contribution < 1.29 is 17.6 Å². The maximum atomic E-state index is 13.0. The molecule has 1 aromatic carbocycles. The number of carbonyl (C=O) groups is 1. The Hall–Kier alpha value is -1.51. The standard InChI is InChI=1S/C16H24FN3O3S/c1-12(13-6-8-15(17)9-7-13)18-16(21)14-5-4-10-20(11-14)24(22,23)19(2)3/h6-9,12,14H,4-5,10-11H2,1-3H3,(H,18,21)/t12-,14+/m0/s1. The van der Waals surface area contributed by atoms with Crippen LogP contribution in [0.3, 0.4) is 0 Å². The summed E-state index contributed by atoms with van der Waals surface area (Å²) in [4.78, 5) is 12.5. The minimum absolute atomic E-state index is 0.175. The lowest BCUT2D eigenvalue weighted by molar-refractivity contribution is -0.126. The Bertz CT molecular complexity index is 676. The van der Waals surface area contributed by atoms with Gasteiger partial charge in [0.1, 0.15) is 5.82 Å². The number of benzene rings is 1. The van der Waals surface area contributed by atoms with Gasteiger partial charge in [-0.3, -0.25) is 4.79 Å². The Kier molecular flexibility index (Phi) is 5.95. The molecule has 0 aromatic heterocycles. The van der Waals surface area contributed by atoms with E-state index in [-0.39, 0.29) is 30.2 Å². The van der Waals surface area contributed by atoms with Gasteiger partial charge in [-0.25, -0.2) is 4.39 Å². The van der Waals surface area contributed by atoms with E-state index in [1.54, 1.807) is 12.1 Å². The zero-order chi connectivity index (χ0) is 17.9. The van der Waals surface area contributed by atoms with E-state index in [1.165, 1.54) is 30.5 Å². The van der Waals surface area contributed by atoms with Crippen molar-refractivity contribution in [2.75, 3.05) is 27.2 Å². The zero-order valence-corrected chi connectivity index (χ0v) is 15.0. The molecule has 1 heterocycles. The molecule has 0 aliphatic carbocycles. The normalized spacial score (nSPS) is 20.8. The fourth-order valence-electron chi connectivity index (χ4n) is 2.76. The van der Waals surface area contributed by atoms with Crippen molar-refractivity contribution >= 4 is 16.1 Å². The third kappa shape index (κ3) is 4.31. The van der Waals surface area contributed by atoms with Crippen molar-refractivity contribution in [1.82, 2.24) is 13.9 Å². The largest absolute Gasteiger partial charge is 0.349 e. The van der Waals surface area contributed by atoms with Crippen LogP contribution in [0.15, 0.2) is 24.3 Å². The summed E-state index contributed by atoms with van der Waals surface area (Å²) in [5, 5.41) is 2.89. The lowest BCUT2D eigenvalue weighted by Crippen LogP contribution is -2.49. The second-order valence-electron chi connectivity index (χ2n) is 6.27. The smallest absolute Gasteiger partial charge is 0.281 e. The Morgan fingerprint density at radius 3 is 2.54 bits per heavy atom. The molecule has 0 saturated carbocycles. The van der Waals surface area contributed by atoms with Crippen LogP contribution >= 0.6 is 0 Å². The molecule has 1 aliphatic rings. The summed E-state index contributed by atoms with van der Waals surface area (Å²) in [5.74, 6) is -0.879. The van der Waals surface area contributed by atoms with E-state index in [1.807, 2.05) is 6.92 Å². The van der Waals surface area contributed by atoms with Gasteiger partial charge in [0.15, 0.2) is 0 Å². The summed E-state index contributed by atoms with van der Waals surface area (Å²) in [5.41, 5.74) is 0.804. The van der Waals surface area contributed by atoms with Crippen LogP contribution in [0.1, 0.15) is 31.4 Å². The van der Waals surface area contributed by atoms with Crippen LogP contribution in [0.4, 0.5) is 4.39 Å². The SMILES string of the molecule is C[C@H](NC(=O)[C@@H]1CCCN(S(=O)(=O)N(C)C)C1)c1ccc(F)cc1. The highest BCUT2D eigenvalue weighted by Crippen LogP contribution is 2.22. The van der Waals surface area contributed by atoms with Crippen molar-refractivity contribution in [3.05, 3.63) is 35.6 Å². The van der Waals surface area contributed by atoms with E-state index >= 15 is 0 Å². The summed E-state index contributed by atoms with van der Waals surface area (Å²) in [6.07, 6.45) is 1.30. The highest BCUT2D eigenvalue weighted by atomic mass is 32.2. The first-order chi connectivity index (χ1) is 11.2. The summed E-state index contributed by atoms with van der Waals surface area (Å²) in [6.45, 7) is 2.43. The van der Waals surface area contributed by atoms with Gasteiger partial charge in [0.2, 0.25) is 5.91 Å². The van der Waals surface area contributed by atoms with E-state index in [0.29, 0.717) is 19.4 Å². The van der Waals surface area contributed by atoms with Gasteiger partial charge in [0.05, 0.1) is 12.0 Å². The van der Waals surface area contributed by atoms with Crippen LogP contribution in [0.25, 0.3) is 0 Å². The van der Waals surface area contributed by atoms with Crippen molar-refractivity contribution in [2.24, 2.45) is 5.92 Å². The molecular weight excluding hydrogens is 333 g/mol. The van der Waals surface area contributed by atoms with Gasteiger partial charge in [0, 0.05) is 27.2 Å². The van der Waals surface area contributed by atoms with Gasteiger partial charge in [0.25, 0.3) is 10.2 Å². The molecule has 1 amide bonds. The van der Waals surface area contributed by atoms with Gasteiger partial charge < -0.3 is 5.32 Å². The number of carbonyl (C=O) groups excluding carboxylic acids is 1. The van der Waals surface area contributed by atoms with E-state index in [2.05, 4.69) is 5.32 Å². The monoisotopic (exact) mass is 357 g/mol. The predicted molar refractivity (Wildman–Crippen MR) is 89.9 cm³/mol. The van der Waals surface area contributed by atoms with Gasteiger partial charge >= 0.3 is 0 Å². The molecule has 134 valence electrons. The summed E-state index contributed by atoms with van der Waals surface area (Å²) >= 11 is 0. The molecule has 24 heavy (non-hydrogen) atoms. The lowest BCUT2D eigenvalue weighted by atomic mass is 9.98. The molecular formula is C16H24FN3O3S. The van der Waals surface area contributed by atoms with Gasteiger partial charge in [-0.1, -0.05) is 12.1 Å². The number of hydrogen-bond donors (Lipinski definition) is 1. The van der Waals surface area contributed by atoms with Crippen molar-refractivity contribution in [3.63, 3.8) is 0 Å². The molecule has 1 fully saturated rings. The van der Waals surface area contributed by atoms with E-state index in [9.17, 15) is 17.6 Å². The van der Waals surface area contributed by atoms with Crippen LogP contribution in [0.2, 0.25) is 0 Å². The van der Waals surface area contributed by atoms with Gasteiger partial charge in [-0.05, 0) is 37.5 Å². The molecule has 2 atom stereocenters. The number of piperidine rings is 1. The summed E-state index contributed by atoms with van der Waals surface area (Å²) < 4.78 is 39.9. The number of rotatable bonds is 5. The first-order valence-electron chi connectivity index (χ1n) is 7.95. The van der Waals surface area contributed by atoms with Crippen LogP contribution < -0.4 is 5.32 Å². The third-order valence-corrected chi connectivity index (χ3v) is 6.18. The highest BCUT2D eigenvalue weighted by Gasteiger charge is 2.33. The Balaban J connectivity index is 2.00. The Labute approximate surface area is 142 Å². The molecule has 6 nitrogen and oxygen atoms in total. The minimum Gasteiger partial charge on any atom is -0.349 e. The fraction of sp³-hybridized carbons (Fsp3) is 0.562. The molecule has 1 aliphatic heterocycles. The predicted octanol–water partition coefficient (Wildman–Crippen LogP) is 1.52. The number of hydrogen-bond acceptors (Lipinski definition) is 3. The van der Waals surface area contributed by atoms with E-state index < -0.39 is 10.2 Å². The highest BCUT2D eigenvalue weighted by molar-refractivity contribution is 7.86. The Morgan fingerprint density at radius 1 is 1.33 bits per heavy atom. The van der Waals surface area contributed by atoms with E-state index in [4.69, 9.17) is 0 Å². The topological polar surface area (TPSA) is 69.7 Å². The van der Waals surface area contributed by atoms with Gasteiger partial charge in [-0.2, -0.15) is 17.0 Å². The summed E-state index contributed by atoms with van der Waals surface area (Å²) in [7, 11) is -0.543. The molecule has 0 bridgehead atoms. The third-order valence-electron chi connectivity index (χ3n) is 4.27. The van der Waals surface area contributed by atoms with Crippen molar-refractivity contribution in [2.45, 2.75) is 25.8 Å². The molecule has 2 rings (SSSR count). The second-order valence-corrected chi connectivity index (χ2v) is 8.41. The average Bonchev–Trinajstić information content (AvgIpc) is 2.55. The van der Waals surface area contributed by atoms with Crippen LogP contribution in [0, 0.1) is 11.7 Å². The molecule has 1 aromatic rings. The number of nitrogens with zero attached hydrogens (tertiary/aromatic N) is 2. The number of halogens is 1. The van der Waals surface area contributed by atoms with Gasteiger partial charge in [-0.15, -0.1) is 0 Å². The van der Waals surface area contributed by atoms with Crippen LogP contribution in [-0.4, -0.2) is 50.1 Å². The average molecular weight is 357 g/mol.